The Morgan fingerprint density at radius 3 is 2.69 bits per heavy atom. The summed E-state index contributed by atoms with van der Waals surface area (Å²) in [5, 5.41) is 8.89. The fourth-order valence-electron chi connectivity index (χ4n) is 1.07. The van der Waals surface area contributed by atoms with Gasteiger partial charge >= 0.3 is 0 Å². The summed E-state index contributed by atoms with van der Waals surface area (Å²) in [6, 6.07) is 6.54. The van der Waals surface area contributed by atoms with Gasteiger partial charge in [-0.3, -0.25) is 0 Å². The molecule has 1 N–H and O–H groups in total. The Labute approximate surface area is 77.5 Å². The molecule has 1 rings (SSSR count). The van der Waals surface area contributed by atoms with Gasteiger partial charge in [0.1, 0.15) is 5.82 Å². The van der Waals surface area contributed by atoms with Crippen LogP contribution in [0.2, 0.25) is 0 Å². The van der Waals surface area contributed by atoms with Crippen LogP contribution in [0.5, 0.6) is 0 Å². The van der Waals surface area contributed by atoms with Gasteiger partial charge in [-0.25, -0.2) is 4.39 Å². The topological polar surface area (TPSA) is 20.2 Å². The minimum Gasteiger partial charge on any atom is -0.392 e. The Morgan fingerprint density at radius 2 is 2.15 bits per heavy atom. The highest BCUT2D eigenvalue weighted by Gasteiger charge is 1.98. The zero-order valence-corrected chi connectivity index (χ0v) is 7.63. The van der Waals surface area contributed by atoms with Crippen molar-refractivity contribution in [1.29, 1.82) is 0 Å². The van der Waals surface area contributed by atoms with Gasteiger partial charge < -0.3 is 5.11 Å². The summed E-state index contributed by atoms with van der Waals surface area (Å²) in [6.45, 7) is 1.92. The molecule has 1 nitrogen and oxygen atoms in total. The lowest BCUT2D eigenvalue weighted by Gasteiger charge is -2.00. The van der Waals surface area contributed by atoms with Crippen LogP contribution in [-0.2, 0) is 0 Å². The summed E-state index contributed by atoms with van der Waals surface area (Å²) in [7, 11) is 0. The van der Waals surface area contributed by atoms with E-state index in [2.05, 4.69) is 0 Å². The highest BCUT2D eigenvalue weighted by molar-refractivity contribution is 5.53. The lowest BCUT2D eigenvalue weighted by molar-refractivity contribution is 0.329. The fourth-order valence-corrected chi connectivity index (χ4v) is 1.07. The van der Waals surface area contributed by atoms with Crippen molar-refractivity contribution in [3.63, 3.8) is 0 Å². The van der Waals surface area contributed by atoms with Crippen molar-refractivity contribution in [1.82, 2.24) is 0 Å². The van der Waals surface area contributed by atoms with E-state index >= 15 is 0 Å². The third-order valence-electron chi connectivity index (χ3n) is 1.92. The maximum atomic E-state index is 13.1. The molecular weight excluding hydrogens is 167 g/mol. The van der Waals surface area contributed by atoms with Crippen LogP contribution in [0.25, 0.3) is 6.08 Å². The van der Waals surface area contributed by atoms with Crippen LogP contribution < -0.4 is 0 Å². The molecule has 70 valence electrons. The van der Waals surface area contributed by atoms with Crippen molar-refractivity contribution >= 4 is 6.08 Å². The molecule has 0 heterocycles. The van der Waals surface area contributed by atoms with E-state index in [9.17, 15) is 4.39 Å². The van der Waals surface area contributed by atoms with Crippen LogP contribution >= 0.6 is 0 Å². The predicted molar refractivity (Wildman–Crippen MR) is 51.8 cm³/mol. The summed E-state index contributed by atoms with van der Waals surface area (Å²) in [4.78, 5) is 0. The predicted octanol–water partition coefficient (Wildman–Crippen LogP) is 2.61. The van der Waals surface area contributed by atoms with Gasteiger partial charge in [0.25, 0.3) is 0 Å². The van der Waals surface area contributed by atoms with Gasteiger partial charge in [0.05, 0.1) is 6.61 Å². The second-order valence-electron chi connectivity index (χ2n) is 2.84. The van der Waals surface area contributed by atoms with E-state index in [0.29, 0.717) is 5.56 Å². The van der Waals surface area contributed by atoms with Crippen LogP contribution in [0, 0.1) is 5.82 Å². The Balaban J connectivity index is 2.95. The molecule has 0 amide bonds. The van der Waals surface area contributed by atoms with Gasteiger partial charge in [-0.15, -0.1) is 0 Å². The molecule has 0 spiro atoms. The summed E-state index contributed by atoms with van der Waals surface area (Å²) in [6.07, 6.45) is 2.43. The molecule has 0 aliphatic rings. The molecule has 0 unspecified atom stereocenters. The minimum atomic E-state index is -0.248. The van der Waals surface area contributed by atoms with Crippen LogP contribution in [0.4, 0.5) is 4.39 Å². The molecule has 13 heavy (non-hydrogen) atoms. The molecule has 0 aliphatic heterocycles. The lowest BCUT2D eigenvalue weighted by atomic mass is 10.1. The van der Waals surface area contributed by atoms with Gasteiger partial charge in [-0.2, -0.15) is 0 Å². The SMILES string of the molecule is CC/C(=C/c1ccccc1F)CO. The van der Waals surface area contributed by atoms with Crippen molar-refractivity contribution < 1.29 is 9.50 Å². The molecule has 0 fully saturated rings. The van der Waals surface area contributed by atoms with E-state index in [-0.39, 0.29) is 12.4 Å². The summed E-state index contributed by atoms with van der Waals surface area (Å²) in [5.74, 6) is -0.248. The number of aliphatic hydroxyl groups is 1. The molecule has 0 saturated carbocycles. The Kier molecular flexibility index (Phi) is 3.65. The number of aliphatic hydroxyl groups excluding tert-OH is 1. The van der Waals surface area contributed by atoms with Crippen LogP contribution in [0.15, 0.2) is 29.8 Å². The van der Waals surface area contributed by atoms with E-state index in [0.717, 1.165) is 12.0 Å². The Hall–Kier alpha value is -1.15. The quantitative estimate of drug-likeness (QED) is 0.758. The first-order chi connectivity index (χ1) is 6.27. The van der Waals surface area contributed by atoms with Gasteiger partial charge in [-0.05, 0) is 18.1 Å². The molecule has 1 aromatic carbocycles. The number of halogens is 1. The number of benzene rings is 1. The second-order valence-corrected chi connectivity index (χ2v) is 2.84. The van der Waals surface area contributed by atoms with E-state index in [4.69, 9.17) is 5.11 Å². The van der Waals surface area contributed by atoms with Gasteiger partial charge in [0, 0.05) is 5.56 Å². The van der Waals surface area contributed by atoms with E-state index in [1.54, 1.807) is 24.3 Å². The highest BCUT2D eigenvalue weighted by Crippen LogP contribution is 2.12. The van der Waals surface area contributed by atoms with Crippen molar-refractivity contribution in [3.8, 4) is 0 Å². The van der Waals surface area contributed by atoms with Crippen LogP contribution in [0.3, 0.4) is 0 Å². The zero-order chi connectivity index (χ0) is 9.68. The first-order valence-electron chi connectivity index (χ1n) is 4.32. The van der Waals surface area contributed by atoms with E-state index in [1.807, 2.05) is 6.92 Å². The van der Waals surface area contributed by atoms with Crippen LogP contribution in [0.1, 0.15) is 18.9 Å². The Morgan fingerprint density at radius 1 is 1.46 bits per heavy atom. The molecule has 0 saturated heterocycles. The van der Waals surface area contributed by atoms with Gasteiger partial charge in [0.2, 0.25) is 0 Å². The molecule has 0 radical (unpaired) electrons. The average molecular weight is 180 g/mol. The maximum Gasteiger partial charge on any atom is 0.130 e. The molecule has 2 heteroatoms. The molecule has 0 atom stereocenters. The Bertz CT molecular complexity index is 299. The summed E-state index contributed by atoms with van der Waals surface area (Å²) >= 11 is 0. The van der Waals surface area contributed by atoms with Crippen molar-refractivity contribution in [2.45, 2.75) is 13.3 Å². The first-order valence-corrected chi connectivity index (χ1v) is 4.32. The normalized spacial score (nSPS) is 11.8. The highest BCUT2D eigenvalue weighted by atomic mass is 19.1. The molecule has 0 bridgehead atoms. The standard InChI is InChI=1S/C11H13FO/c1-2-9(8-13)7-10-5-3-4-6-11(10)12/h3-7,13H,2,8H2,1H3/b9-7-. The number of hydrogen-bond acceptors (Lipinski definition) is 1. The molecule has 1 aromatic rings. The molecule has 0 aliphatic carbocycles. The summed E-state index contributed by atoms with van der Waals surface area (Å²) < 4.78 is 13.1. The lowest BCUT2D eigenvalue weighted by Crippen LogP contribution is -1.89. The van der Waals surface area contributed by atoms with Gasteiger partial charge in [0.15, 0.2) is 0 Å². The van der Waals surface area contributed by atoms with Crippen LogP contribution in [-0.4, -0.2) is 11.7 Å². The minimum absolute atomic E-state index is 0.00909. The third kappa shape index (κ3) is 2.67. The van der Waals surface area contributed by atoms with Gasteiger partial charge in [-0.1, -0.05) is 31.2 Å². The fraction of sp³-hybridized carbons (Fsp3) is 0.273. The maximum absolute atomic E-state index is 13.1. The molecule has 0 aromatic heterocycles. The van der Waals surface area contributed by atoms with Crippen molar-refractivity contribution in [2.24, 2.45) is 0 Å². The third-order valence-corrected chi connectivity index (χ3v) is 1.92. The smallest absolute Gasteiger partial charge is 0.130 e. The van der Waals surface area contributed by atoms with Crippen molar-refractivity contribution in [2.75, 3.05) is 6.61 Å². The largest absolute Gasteiger partial charge is 0.392 e. The number of rotatable bonds is 3. The summed E-state index contributed by atoms with van der Waals surface area (Å²) in [5.41, 5.74) is 1.37. The van der Waals surface area contributed by atoms with E-state index < -0.39 is 0 Å². The average Bonchev–Trinajstić information content (AvgIpc) is 2.17. The van der Waals surface area contributed by atoms with E-state index in [1.165, 1.54) is 6.07 Å². The molecular formula is C11H13FO. The van der Waals surface area contributed by atoms with Crippen molar-refractivity contribution in [3.05, 3.63) is 41.2 Å². The second kappa shape index (κ2) is 4.77. The first kappa shape index (κ1) is 9.93. The monoisotopic (exact) mass is 180 g/mol. The zero-order valence-electron chi connectivity index (χ0n) is 7.63. The number of hydrogen-bond donors (Lipinski definition) is 1.